The van der Waals surface area contributed by atoms with Gasteiger partial charge in [0.25, 0.3) is 0 Å². The predicted octanol–water partition coefficient (Wildman–Crippen LogP) is 4.30. The molecule has 0 aliphatic carbocycles. The maximum Gasteiger partial charge on any atom is 0.336 e. The van der Waals surface area contributed by atoms with E-state index in [2.05, 4.69) is 4.99 Å². The summed E-state index contributed by atoms with van der Waals surface area (Å²) < 4.78 is 16.3. The number of benzene rings is 2. The van der Waals surface area contributed by atoms with E-state index in [0.717, 1.165) is 10.9 Å². The van der Waals surface area contributed by atoms with Crippen LogP contribution in [0.5, 0.6) is 5.75 Å². The molecular formula is C19H13NO4. The van der Waals surface area contributed by atoms with Gasteiger partial charge in [-0.15, -0.1) is 0 Å². The van der Waals surface area contributed by atoms with E-state index in [1.807, 2.05) is 36.4 Å². The van der Waals surface area contributed by atoms with Crippen LogP contribution >= 0.6 is 0 Å². The summed E-state index contributed by atoms with van der Waals surface area (Å²) in [7, 11) is 1.51. The highest BCUT2D eigenvalue weighted by Crippen LogP contribution is 2.42. The second kappa shape index (κ2) is 5.70. The Hall–Kier alpha value is -3.34. The molecule has 0 fully saturated rings. The Balaban J connectivity index is 2.04. The van der Waals surface area contributed by atoms with Crippen LogP contribution in [0.15, 0.2) is 73.4 Å². The lowest BCUT2D eigenvalue weighted by Gasteiger charge is -2.08. The molecule has 118 valence electrons. The van der Waals surface area contributed by atoms with Crippen LogP contribution in [-0.4, -0.2) is 13.3 Å². The molecular weight excluding hydrogens is 306 g/mol. The molecule has 0 unspecified atom stereocenters. The van der Waals surface area contributed by atoms with Gasteiger partial charge in [-0.3, -0.25) is 4.99 Å². The number of rotatable bonds is 3. The molecule has 2 aromatic carbocycles. The normalized spacial score (nSPS) is 11.5. The molecule has 0 bridgehead atoms. The maximum atomic E-state index is 11.6. The molecule has 5 nitrogen and oxygen atoms in total. The van der Waals surface area contributed by atoms with Crippen molar-refractivity contribution in [1.82, 2.24) is 0 Å². The molecule has 0 N–H and O–H groups in total. The van der Waals surface area contributed by atoms with Gasteiger partial charge < -0.3 is 13.6 Å². The zero-order valence-corrected chi connectivity index (χ0v) is 12.9. The molecule has 0 aliphatic heterocycles. The van der Waals surface area contributed by atoms with Crippen LogP contribution in [0.25, 0.3) is 21.9 Å². The van der Waals surface area contributed by atoms with Gasteiger partial charge >= 0.3 is 5.63 Å². The third-order valence-electron chi connectivity index (χ3n) is 3.77. The molecule has 0 radical (unpaired) electrons. The predicted molar refractivity (Wildman–Crippen MR) is 92.5 cm³/mol. The number of ether oxygens (including phenoxy) is 1. The van der Waals surface area contributed by atoms with E-state index in [1.54, 1.807) is 18.5 Å². The Kier molecular flexibility index (Phi) is 3.39. The number of fused-ring (bicyclic) bond motifs is 2. The van der Waals surface area contributed by atoms with Crippen molar-refractivity contribution in [3.05, 3.63) is 70.8 Å². The number of hydrogen-bond donors (Lipinski definition) is 0. The summed E-state index contributed by atoms with van der Waals surface area (Å²) in [5.74, 6) is 0.390. The zero-order valence-electron chi connectivity index (χ0n) is 12.9. The minimum absolute atomic E-state index is 0.327. The lowest BCUT2D eigenvalue weighted by molar-refractivity contribution is 0.403. The molecule has 0 spiro atoms. The Bertz CT molecular complexity index is 1110. The summed E-state index contributed by atoms with van der Waals surface area (Å²) in [5, 5.41) is 1.48. The zero-order chi connectivity index (χ0) is 16.5. The average Bonchev–Trinajstić information content (AvgIpc) is 3.08. The van der Waals surface area contributed by atoms with E-state index in [9.17, 15) is 4.79 Å². The summed E-state index contributed by atoms with van der Waals surface area (Å²) >= 11 is 0. The molecule has 0 aliphatic rings. The Morgan fingerprint density at radius 1 is 1.00 bits per heavy atom. The average molecular weight is 319 g/mol. The van der Waals surface area contributed by atoms with E-state index in [4.69, 9.17) is 13.6 Å². The lowest BCUT2D eigenvalue weighted by atomic mass is 10.1. The molecule has 4 aromatic rings. The molecule has 0 atom stereocenters. The number of nitrogens with zero attached hydrogens (tertiary/aromatic N) is 1. The molecule has 0 amide bonds. The van der Waals surface area contributed by atoms with Crippen LogP contribution in [0.1, 0.15) is 5.56 Å². The van der Waals surface area contributed by atoms with Gasteiger partial charge in [0.1, 0.15) is 0 Å². The fourth-order valence-corrected chi connectivity index (χ4v) is 2.69. The van der Waals surface area contributed by atoms with Crippen LogP contribution in [0.4, 0.5) is 5.69 Å². The standard InChI is InChI=1S/C19H13NO4/c1-22-19-17-14(9-10-23-17)16(13-7-8-15(21)24-18(13)19)20-11-12-5-3-2-4-6-12/h2-11H,1H3. The first-order valence-corrected chi connectivity index (χ1v) is 7.38. The van der Waals surface area contributed by atoms with Gasteiger partial charge in [0.2, 0.25) is 5.75 Å². The second-order valence-electron chi connectivity index (χ2n) is 5.21. The van der Waals surface area contributed by atoms with Crippen molar-refractivity contribution in [2.75, 3.05) is 7.11 Å². The van der Waals surface area contributed by atoms with Gasteiger partial charge in [-0.2, -0.15) is 0 Å². The summed E-state index contributed by atoms with van der Waals surface area (Å²) in [6.07, 6.45) is 3.32. The lowest BCUT2D eigenvalue weighted by Crippen LogP contribution is -1.97. The summed E-state index contributed by atoms with van der Waals surface area (Å²) in [5.41, 5.74) is 2.01. The first kappa shape index (κ1) is 14.3. The second-order valence-corrected chi connectivity index (χ2v) is 5.21. The van der Waals surface area contributed by atoms with Gasteiger partial charge in [-0.05, 0) is 17.7 Å². The maximum absolute atomic E-state index is 11.6. The van der Waals surface area contributed by atoms with Gasteiger partial charge in [-0.25, -0.2) is 4.79 Å². The van der Waals surface area contributed by atoms with Crippen molar-refractivity contribution in [3.63, 3.8) is 0 Å². The first-order chi connectivity index (χ1) is 11.8. The molecule has 5 heteroatoms. The van der Waals surface area contributed by atoms with Gasteiger partial charge in [-0.1, -0.05) is 30.3 Å². The highest BCUT2D eigenvalue weighted by atomic mass is 16.5. The van der Waals surface area contributed by atoms with Crippen LogP contribution < -0.4 is 10.4 Å². The number of furan rings is 1. The van der Waals surface area contributed by atoms with Crippen LogP contribution in [0, 0.1) is 0 Å². The molecule has 24 heavy (non-hydrogen) atoms. The van der Waals surface area contributed by atoms with Crippen molar-refractivity contribution in [2.24, 2.45) is 4.99 Å². The van der Waals surface area contributed by atoms with Crippen molar-refractivity contribution < 1.29 is 13.6 Å². The van der Waals surface area contributed by atoms with E-state index in [1.165, 1.54) is 13.2 Å². The van der Waals surface area contributed by atoms with E-state index in [0.29, 0.717) is 28.0 Å². The highest BCUT2D eigenvalue weighted by molar-refractivity contribution is 6.12. The van der Waals surface area contributed by atoms with Crippen LogP contribution in [0.3, 0.4) is 0 Å². The molecule has 2 aromatic heterocycles. The smallest absolute Gasteiger partial charge is 0.336 e. The monoisotopic (exact) mass is 319 g/mol. The fraction of sp³-hybridized carbons (Fsp3) is 0.0526. The Morgan fingerprint density at radius 3 is 2.58 bits per heavy atom. The third kappa shape index (κ3) is 2.27. The Labute approximate surface area is 136 Å². The first-order valence-electron chi connectivity index (χ1n) is 7.38. The SMILES string of the molecule is COc1c2occc2c(N=Cc2ccccc2)c2ccc(=O)oc12. The third-order valence-corrected chi connectivity index (χ3v) is 3.77. The summed E-state index contributed by atoms with van der Waals surface area (Å²) in [6.45, 7) is 0. The van der Waals surface area contributed by atoms with Gasteiger partial charge in [0.05, 0.1) is 24.4 Å². The summed E-state index contributed by atoms with van der Waals surface area (Å²) in [6, 6.07) is 14.6. The van der Waals surface area contributed by atoms with Crippen molar-refractivity contribution in [1.29, 1.82) is 0 Å². The number of hydrogen-bond acceptors (Lipinski definition) is 5. The van der Waals surface area contributed by atoms with Gasteiger partial charge in [0.15, 0.2) is 11.2 Å². The highest BCUT2D eigenvalue weighted by Gasteiger charge is 2.18. The Morgan fingerprint density at radius 2 is 1.79 bits per heavy atom. The quantitative estimate of drug-likeness (QED) is 0.417. The van der Waals surface area contributed by atoms with Crippen molar-refractivity contribution in [3.8, 4) is 5.75 Å². The number of methoxy groups -OCH3 is 1. The minimum Gasteiger partial charge on any atom is -0.490 e. The topological polar surface area (TPSA) is 64.9 Å². The van der Waals surface area contributed by atoms with Gasteiger partial charge in [0, 0.05) is 17.7 Å². The van der Waals surface area contributed by atoms with E-state index in [-0.39, 0.29) is 0 Å². The van der Waals surface area contributed by atoms with E-state index < -0.39 is 5.63 Å². The fourth-order valence-electron chi connectivity index (χ4n) is 2.69. The molecule has 2 heterocycles. The largest absolute Gasteiger partial charge is 0.490 e. The number of aliphatic imine (C=N–C) groups is 1. The van der Waals surface area contributed by atoms with Crippen molar-refractivity contribution >= 4 is 33.8 Å². The summed E-state index contributed by atoms with van der Waals surface area (Å²) in [4.78, 5) is 16.2. The molecule has 0 saturated carbocycles. The van der Waals surface area contributed by atoms with Crippen LogP contribution in [0.2, 0.25) is 0 Å². The van der Waals surface area contributed by atoms with Crippen LogP contribution in [-0.2, 0) is 0 Å². The molecule has 4 rings (SSSR count). The molecule has 0 saturated heterocycles. The van der Waals surface area contributed by atoms with E-state index >= 15 is 0 Å². The van der Waals surface area contributed by atoms with Crippen molar-refractivity contribution in [2.45, 2.75) is 0 Å². The minimum atomic E-state index is -0.454.